The Morgan fingerprint density at radius 2 is 1.94 bits per heavy atom. The van der Waals surface area contributed by atoms with E-state index in [1.807, 2.05) is 31.2 Å². The molecule has 4 atom stereocenters. The van der Waals surface area contributed by atoms with Crippen LogP contribution < -0.4 is 0 Å². The third-order valence-corrected chi connectivity index (χ3v) is 8.68. The molecule has 1 N–H and O–H groups in total. The molecule has 5 rings (SSSR count). The number of alkyl halides is 1. The third-order valence-electron chi connectivity index (χ3n) is 8.68. The van der Waals surface area contributed by atoms with Gasteiger partial charge in [0.2, 0.25) is 0 Å². The van der Waals surface area contributed by atoms with Crippen LogP contribution >= 0.6 is 0 Å². The molecule has 2 aromatic carbocycles. The first-order valence-corrected chi connectivity index (χ1v) is 12.8. The molecule has 2 aliphatic carbocycles. The molecule has 0 amide bonds. The second-order valence-electron chi connectivity index (χ2n) is 10.7. The molecule has 3 nitrogen and oxygen atoms in total. The van der Waals surface area contributed by atoms with E-state index in [-0.39, 0.29) is 17.1 Å². The Morgan fingerprint density at radius 1 is 1.14 bits per heavy atom. The van der Waals surface area contributed by atoms with Gasteiger partial charge in [-0.15, -0.1) is 0 Å². The highest BCUT2D eigenvalue weighted by atomic mass is 19.1. The van der Waals surface area contributed by atoms with E-state index >= 15 is 0 Å². The quantitative estimate of drug-likeness (QED) is 0.440. The summed E-state index contributed by atoms with van der Waals surface area (Å²) < 4.78 is 14.4. The van der Waals surface area contributed by atoms with Crippen LogP contribution in [0.1, 0.15) is 70.9 Å². The summed E-state index contributed by atoms with van der Waals surface area (Å²) in [6.07, 6.45) is 5.14. The van der Waals surface area contributed by atoms with Gasteiger partial charge in [-0.05, 0) is 92.7 Å². The summed E-state index contributed by atoms with van der Waals surface area (Å²) in [4.78, 5) is 17.5. The predicted octanol–water partition coefficient (Wildman–Crippen LogP) is 6.13. The SMILES string of the molecule is Cc1ncccc1CC(=O)c1ccc2c(c1)CC[C@@H]1C[C@@](O)(C(C)F)CC[C@@]21Cc1ccccc1. The molecule has 3 aromatic rings. The van der Waals surface area contributed by atoms with Crippen molar-refractivity contribution in [2.45, 2.75) is 76.0 Å². The predicted molar refractivity (Wildman–Crippen MR) is 136 cm³/mol. The number of carbonyl (C=O) groups excluding carboxylic acids is 1. The lowest BCUT2D eigenvalue weighted by molar-refractivity contribution is -0.0945. The minimum atomic E-state index is -1.25. The van der Waals surface area contributed by atoms with Crippen molar-refractivity contribution in [2.75, 3.05) is 0 Å². The minimum Gasteiger partial charge on any atom is -0.387 e. The molecule has 0 radical (unpaired) electrons. The van der Waals surface area contributed by atoms with Crippen molar-refractivity contribution in [1.29, 1.82) is 0 Å². The van der Waals surface area contributed by atoms with Crippen LogP contribution in [0.4, 0.5) is 4.39 Å². The summed E-state index contributed by atoms with van der Waals surface area (Å²) in [6.45, 7) is 3.42. The van der Waals surface area contributed by atoms with E-state index in [2.05, 4.69) is 41.4 Å². The van der Waals surface area contributed by atoms with Crippen LogP contribution in [-0.4, -0.2) is 27.6 Å². The zero-order valence-electron chi connectivity index (χ0n) is 20.6. The Bertz CT molecular complexity index is 1220. The highest BCUT2D eigenvalue weighted by Gasteiger charge is 2.53. The van der Waals surface area contributed by atoms with Gasteiger partial charge in [0.05, 0.1) is 5.60 Å². The number of benzene rings is 2. The molecule has 35 heavy (non-hydrogen) atoms. The smallest absolute Gasteiger partial charge is 0.167 e. The van der Waals surface area contributed by atoms with Gasteiger partial charge >= 0.3 is 0 Å². The summed E-state index contributed by atoms with van der Waals surface area (Å²) in [5.41, 5.74) is 4.95. The van der Waals surface area contributed by atoms with Crippen molar-refractivity contribution in [2.24, 2.45) is 5.92 Å². The van der Waals surface area contributed by atoms with E-state index in [0.29, 0.717) is 19.3 Å². The molecule has 0 spiro atoms. The van der Waals surface area contributed by atoms with Gasteiger partial charge in [-0.1, -0.05) is 48.5 Å². The Hall–Kier alpha value is -2.85. The Morgan fingerprint density at radius 3 is 2.69 bits per heavy atom. The Balaban J connectivity index is 1.50. The summed E-state index contributed by atoms with van der Waals surface area (Å²) >= 11 is 0. The molecule has 0 aliphatic heterocycles. The van der Waals surface area contributed by atoms with Gasteiger partial charge in [-0.25, -0.2) is 4.39 Å². The van der Waals surface area contributed by atoms with Gasteiger partial charge in [0.25, 0.3) is 0 Å². The average Bonchev–Trinajstić information content (AvgIpc) is 2.86. The number of carbonyl (C=O) groups is 1. The van der Waals surface area contributed by atoms with E-state index in [1.165, 1.54) is 23.6 Å². The number of aromatic nitrogens is 1. The molecule has 182 valence electrons. The van der Waals surface area contributed by atoms with E-state index in [9.17, 15) is 14.3 Å². The van der Waals surface area contributed by atoms with Crippen LogP contribution in [0.3, 0.4) is 0 Å². The summed E-state index contributed by atoms with van der Waals surface area (Å²) in [5.74, 6) is 0.305. The Kier molecular flexibility index (Phi) is 6.35. The van der Waals surface area contributed by atoms with Crippen molar-refractivity contribution in [1.82, 2.24) is 4.98 Å². The zero-order chi connectivity index (χ0) is 24.6. The normalized spacial score (nSPS) is 26.5. The Labute approximate surface area is 207 Å². The second-order valence-corrected chi connectivity index (χ2v) is 10.7. The maximum atomic E-state index is 14.4. The summed E-state index contributed by atoms with van der Waals surface area (Å²) in [7, 11) is 0. The molecular weight excluding hydrogens is 437 g/mol. The topological polar surface area (TPSA) is 50.2 Å². The minimum absolute atomic E-state index is 0.104. The first-order chi connectivity index (χ1) is 16.8. The lowest BCUT2D eigenvalue weighted by Gasteiger charge is -2.54. The van der Waals surface area contributed by atoms with E-state index in [4.69, 9.17) is 0 Å². The second kappa shape index (κ2) is 9.31. The highest BCUT2D eigenvalue weighted by molar-refractivity contribution is 5.98. The molecule has 0 saturated heterocycles. The molecule has 1 aromatic heterocycles. The van der Waals surface area contributed by atoms with Crippen LogP contribution in [0.15, 0.2) is 66.9 Å². The molecule has 1 saturated carbocycles. The molecule has 2 aliphatic rings. The van der Waals surface area contributed by atoms with Crippen molar-refractivity contribution in [3.63, 3.8) is 0 Å². The maximum absolute atomic E-state index is 14.4. The average molecular weight is 472 g/mol. The van der Waals surface area contributed by atoms with Gasteiger partial charge in [0, 0.05) is 29.3 Å². The first-order valence-electron chi connectivity index (χ1n) is 12.8. The van der Waals surface area contributed by atoms with Crippen LogP contribution in [0.5, 0.6) is 0 Å². The third kappa shape index (κ3) is 4.45. The number of fused-ring (bicyclic) bond motifs is 3. The first kappa shape index (κ1) is 23.9. The zero-order valence-corrected chi connectivity index (χ0v) is 20.6. The van der Waals surface area contributed by atoms with Gasteiger partial charge in [-0.3, -0.25) is 9.78 Å². The van der Waals surface area contributed by atoms with Crippen LogP contribution in [0.2, 0.25) is 0 Å². The molecular formula is C31H34FNO2. The van der Waals surface area contributed by atoms with Gasteiger partial charge < -0.3 is 5.11 Å². The van der Waals surface area contributed by atoms with Crippen molar-refractivity contribution >= 4 is 5.78 Å². The van der Waals surface area contributed by atoms with Crippen molar-refractivity contribution in [3.05, 3.63) is 100 Å². The number of hydrogen-bond acceptors (Lipinski definition) is 3. The summed E-state index contributed by atoms with van der Waals surface area (Å²) in [5, 5.41) is 11.1. The number of aryl methyl sites for hydroxylation is 2. The molecule has 1 heterocycles. The summed E-state index contributed by atoms with van der Waals surface area (Å²) in [6, 6.07) is 20.5. The highest BCUT2D eigenvalue weighted by Crippen LogP contribution is 2.55. The number of Topliss-reactive ketones (excluding diaryl/α,β-unsaturated/α-hetero) is 1. The van der Waals surface area contributed by atoms with Crippen LogP contribution in [0, 0.1) is 12.8 Å². The van der Waals surface area contributed by atoms with Gasteiger partial charge in [0.15, 0.2) is 5.78 Å². The lowest BCUT2D eigenvalue weighted by Crippen LogP contribution is -2.54. The number of halogens is 1. The van der Waals surface area contributed by atoms with Gasteiger partial charge in [0.1, 0.15) is 6.17 Å². The van der Waals surface area contributed by atoms with Crippen LogP contribution in [-0.2, 0) is 24.7 Å². The molecule has 4 heteroatoms. The maximum Gasteiger partial charge on any atom is 0.167 e. The largest absolute Gasteiger partial charge is 0.387 e. The van der Waals surface area contributed by atoms with E-state index in [0.717, 1.165) is 42.5 Å². The fraction of sp³-hybridized carbons (Fsp3) is 0.419. The van der Waals surface area contributed by atoms with Crippen molar-refractivity contribution < 1.29 is 14.3 Å². The standard InChI is InChI=1S/C31H34FNO2/c1-21-24(9-6-16-33-21)18-29(34)26-11-13-28-25(17-26)10-12-27-20-31(35,22(2)32)15-14-30(27,28)19-23-7-4-3-5-8-23/h3-9,11,13,16-17,22,27,35H,10,12,14-15,18-20H2,1-2H3/t22?,27-,30+,31-/m1/s1. The number of ketones is 1. The number of hydrogen-bond donors (Lipinski definition) is 1. The van der Waals surface area contributed by atoms with E-state index in [1.54, 1.807) is 6.20 Å². The van der Waals surface area contributed by atoms with Crippen molar-refractivity contribution in [3.8, 4) is 0 Å². The number of pyridine rings is 1. The molecule has 1 unspecified atom stereocenters. The van der Waals surface area contributed by atoms with Gasteiger partial charge in [-0.2, -0.15) is 0 Å². The number of rotatable bonds is 6. The van der Waals surface area contributed by atoms with E-state index < -0.39 is 11.8 Å². The molecule has 0 bridgehead atoms. The fourth-order valence-electron chi connectivity index (χ4n) is 6.52. The molecule has 1 fully saturated rings. The van der Waals surface area contributed by atoms with Crippen LogP contribution in [0.25, 0.3) is 0 Å². The number of aliphatic hydroxyl groups is 1. The lowest BCUT2D eigenvalue weighted by atomic mass is 9.52. The monoisotopic (exact) mass is 471 g/mol. The fourth-order valence-corrected chi connectivity index (χ4v) is 6.52. The number of nitrogens with zero attached hydrogens (tertiary/aromatic N) is 1.